The molecular formula is C13H18N2O4. The number of carbonyl (C=O) groups is 1. The van der Waals surface area contributed by atoms with Crippen LogP contribution in [0.3, 0.4) is 0 Å². The molecule has 0 bridgehead atoms. The number of aromatic amines is 1. The van der Waals surface area contributed by atoms with Crippen molar-refractivity contribution in [2.45, 2.75) is 33.2 Å². The van der Waals surface area contributed by atoms with Crippen molar-refractivity contribution in [2.24, 2.45) is 0 Å². The fraction of sp³-hybridized carbons (Fsp3) is 0.462. The topological polar surface area (TPSA) is 81.2 Å². The molecule has 1 N–H and O–H groups in total. The third-order valence-corrected chi connectivity index (χ3v) is 2.64. The van der Waals surface area contributed by atoms with E-state index in [1.54, 1.807) is 19.9 Å². The van der Waals surface area contributed by atoms with Crippen molar-refractivity contribution in [3.05, 3.63) is 44.8 Å². The number of nitrogens with zero attached hydrogens (tertiary/aromatic N) is 1. The molecule has 0 saturated heterocycles. The number of hydrogen-bond acceptors (Lipinski definition) is 4. The van der Waals surface area contributed by atoms with Crippen LogP contribution in [0.5, 0.6) is 0 Å². The lowest BCUT2D eigenvalue weighted by Crippen LogP contribution is -2.32. The molecule has 0 amide bonds. The quantitative estimate of drug-likeness (QED) is 0.634. The van der Waals surface area contributed by atoms with Crippen molar-refractivity contribution < 1.29 is 9.53 Å². The summed E-state index contributed by atoms with van der Waals surface area (Å²) in [5.74, 6) is -0.403. The molecule has 1 aromatic heterocycles. The lowest BCUT2D eigenvalue weighted by atomic mass is 10.2. The first-order valence-electron chi connectivity index (χ1n) is 6.11. The van der Waals surface area contributed by atoms with Gasteiger partial charge in [0.2, 0.25) is 0 Å². The Morgan fingerprint density at radius 3 is 2.84 bits per heavy atom. The van der Waals surface area contributed by atoms with Gasteiger partial charge in [0.25, 0.3) is 5.56 Å². The fourth-order valence-electron chi connectivity index (χ4n) is 1.58. The summed E-state index contributed by atoms with van der Waals surface area (Å²) in [5.41, 5.74) is -0.357. The van der Waals surface area contributed by atoms with Crippen LogP contribution in [0, 0.1) is 6.92 Å². The largest absolute Gasteiger partial charge is 0.463 e. The minimum absolute atomic E-state index is 0.159. The zero-order chi connectivity index (χ0) is 14.4. The van der Waals surface area contributed by atoms with Crippen molar-refractivity contribution in [3.63, 3.8) is 0 Å². The number of allylic oxidation sites excluding steroid dienone is 1. The molecule has 6 heteroatoms. The normalized spacial score (nSPS) is 12.6. The van der Waals surface area contributed by atoms with Crippen molar-refractivity contribution >= 4 is 5.97 Å². The smallest absolute Gasteiger partial charge is 0.330 e. The summed E-state index contributed by atoms with van der Waals surface area (Å²) in [6.45, 7) is 5.53. The molecule has 0 aromatic carbocycles. The van der Waals surface area contributed by atoms with Crippen LogP contribution < -0.4 is 11.2 Å². The standard InChI is InChI=1S/C13H18N2O4/c1-4-19-11(16)7-5-6-10(3)15-8-9(2)12(17)14-13(15)18/h5,7-8,10H,4,6H2,1-3H3,(H,14,17,18)/b7-5+. The monoisotopic (exact) mass is 266 g/mol. The van der Waals surface area contributed by atoms with Crippen LogP contribution in [0.2, 0.25) is 0 Å². The number of rotatable bonds is 5. The van der Waals surface area contributed by atoms with Crippen LogP contribution in [-0.4, -0.2) is 22.1 Å². The summed E-state index contributed by atoms with van der Waals surface area (Å²) in [6, 6.07) is -0.159. The van der Waals surface area contributed by atoms with Gasteiger partial charge >= 0.3 is 11.7 Å². The van der Waals surface area contributed by atoms with Crippen molar-refractivity contribution in [1.82, 2.24) is 9.55 Å². The van der Waals surface area contributed by atoms with Gasteiger partial charge in [-0.3, -0.25) is 14.3 Å². The lowest BCUT2D eigenvalue weighted by Gasteiger charge is -2.12. The highest BCUT2D eigenvalue weighted by molar-refractivity contribution is 5.81. The predicted molar refractivity (Wildman–Crippen MR) is 71.2 cm³/mol. The molecule has 1 unspecified atom stereocenters. The highest BCUT2D eigenvalue weighted by Crippen LogP contribution is 2.08. The van der Waals surface area contributed by atoms with E-state index < -0.39 is 11.7 Å². The highest BCUT2D eigenvalue weighted by atomic mass is 16.5. The van der Waals surface area contributed by atoms with Gasteiger partial charge < -0.3 is 4.74 Å². The Kier molecular flexibility index (Phi) is 5.29. The average Bonchev–Trinajstić information content (AvgIpc) is 2.34. The van der Waals surface area contributed by atoms with Gasteiger partial charge in [-0.1, -0.05) is 6.08 Å². The van der Waals surface area contributed by atoms with Crippen LogP contribution in [0.15, 0.2) is 27.9 Å². The van der Waals surface area contributed by atoms with Crippen LogP contribution in [-0.2, 0) is 9.53 Å². The summed E-state index contributed by atoms with van der Waals surface area (Å²) in [6.07, 6.45) is 4.99. The summed E-state index contributed by atoms with van der Waals surface area (Å²) < 4.78 is 6.18. The van der Waals surface area contributed by atoms with Gasteiger partial charge in [0.05, 0.1) is 6.61 Å². The van der Waals surface area contributed by atoms with Gasteiger partial charge in [0.1, 0.15) is 0 Å². The molecule has 6 nitrogen and oxygen atoms in total. The van der Waals surface area contributed by atoms with E-state index in [9.17, 15) is 14.4 Å². The van der Waals surface area contributed by atoms with Gasteiger partial charge in [-0.25, -0.2) is 9.59 Å². The Morgan fingerprint density at radius 2 is 2.21 bits per heavy atom. The molecule has 0 radical (unpaired) electrons. The maximum Gasteiger partial charge on any atom is 0.330 e. The molecule has 1 rings (SSSR count). The van der Waals surface area contributed by atoms with E-state index in [4.69, 9.17) is 4.74 Å². The second kappa shape index (κ2) is 6.72. The summed E-state index contributed by atoms with van der Waals surface area (Å²) in [4.78, 5) is 36.2. The number of esters is 1. The van der Waals surface area contributed by atoms with Crippen LogP contribution in [0.25, 0.3) is 0 Å². The number of aromatic nitrogens is 2. The Hall–Kier alpha value is -2.11. The summed E-state index contributed by atoms with van der Waals surface area (Å²) in [5, 5.41) is 0. The lowest BCUT2D eigenvalue weighted by molar-refractivity contribution is -0.137. The Bertz CT molecular complexity index is 583. The second-order valence-corrected chi connectivity index (χ2v) is 4.22. The van der Waals surface area contributed by atoms with Gasteiger partial charge in [-0.05, 0) is 27.2 Å². The third kappa shape index (κ3) is 4.24. The van der Waals surface area contributed by atoms with Crippen LogP contribution >= 0.6 is 0 Å². The maximum atomic E-state index is 11.6. The van der Waals surface area contributed by atoms with E-state index >= 15 is 0 Å². The molecule has 0 fully saturated rings. The number of nitrogens with one attached hydrogen (secondary N) is 1. The number of hydrogen-bond donors (Lipinski definition) is 1. The molecule has 0 saturated carbocycles. The third-order valence-electron chi connectivity index (χ3n) is 2.64. The molecule has 19 heavy (non-hydrogen) atoms. The zero-order valence-corrected chi connectivity index (χ0v) is 11.3. The predicted octanol–water partition coefficient (Wildman–Crippen LogP) is 0.915. The molecule has 1 heterocycles. The van der Waals surface area contributed by atoms with Crippen LogP contribution in [0.4, 0.5) is 0 Å². The number of aryl methyl sites for hydroxylation is 1. The first-order valence-corrected chi connectivity index (χ1v) is 6.11. The molecular weight excluding hydrogens is 248 g/mol. The molecule has 104 valence electrons. The molecule has 0 spiro atoms. The first kappa shape index (κ1) is 14.9. The first-order chi connectivity index (χ1) is 8.95. The van der Waals surface area contributed by atoms with Gasteiger partial charge in [0, 0.05) is 23.9 Å². The summed E-state index contributed by atoms with van der Waals surface area (Å²) >= 11 is 0. The maximum absolute atomic E-state index is 11.6. The SMILES string of the molecule is CCOC(=O)/C=C/CC(C)n1cc(C)c(=O)[nH]c1=O. The Labute approximate surface area is 110 Å². The van der Waals surface area contributed by atoms with Gasteiger partial charge in [-0.2, -0.15) is 0 Å². The fourth-order valence-corrected chi connectivity index (χ4v) is 1.58. The van der Waals surface area contributed by atoms with E-state index in [1.807, 2.05) is 6.92 Å². The van der Waals surface area contributed by atoms with Crippen LogP contribution in [0.1, 0.15) is 31.9 Å². The van der Waals surface area contributed by atoms with Crippen molar-refractivity contribution in [1.29, 1.82) is 0 Å². The van der Waals surface area contributed by atoms with Crippen molar-refractivity contribution in [3.8, 4) is 0 Å². The van der Waals surface area contributed by atoms with E-state index in [2.05, 4.69) is 4.98 Å². The van der Waals surface area contributed by atoms with E-state index in [-0.39, 0.29) is 11.6 Å². The van der Waals surface area contributed by atoms with Crippen molar-refractivity contribution in [2.75, 3.05) is 6.61 Å². The molecule has 0 aliphatic rings. The molecule has 1 aromatic rings. The molecule has 0 aliphatic heterocycles. The van der Waals surface area contributed by atoms with Gasteiger partial charge in [0.15, 0.2) is 0 Å². The Balaban J connectivity index is 2.77. The van der Waals surface area contributed by atoms with E-state index in [0.29, 0.717) is 18.6 Å². The molecule has 0 aliphatic carbocycles. The number of ether oxygens (including phenoxy) is 1. The van der Waals surface area contributed by atoms with Gasteiger partial charge in [-0.15, -0.1) is 0 Å². The molecule has 1 atom stereocenters. The number of H-pyrrole nitrogens is 1. The zero-order valence-electron chi connectivity index (χ0n) is 11.3. The highest BCUT2D eigenvalue weighted by Gasteiger charge is 2.07. The van der Waals surface area contributed by atoms with E-state index in [1.165, 1.54) is 16.8 Å². The minimum Gasteiger partial charge on any atom is -0.463 e. The summed E-state index contributed by atoms with van der Waals surface area (Å²) in [7, 11) is 0. The minimum atomic E-state index is -0.451. The second-order valence-electron chi connectivity index (χ2n) is 4.22. The number of carbonyl (C=O) groups excluding carboxylic acids is 1. The average molecular weight is 266 g/mol. The van der Waals surface area contributed by atoms with E-state index in [0.717, 1.165) is 0 Å². The Morgan fingerprint density at radius 1 is 1.53 bits per heavy atom.